The van der Waals surface area contributed by atoms with Gasteiger partial charge in [-0.15, -0.1) is 0 Å². The van der Waals surface area contributed by atoms with E-state index >= 15 is 0 Å². The molecule has 0 radical (unpaired) electrons. The van der Waals surface area contributed by atoms with Gasteiger partial charge in [0.25, 0.3) is 0 Å². The molecule has 0 unspecified atom stereocenters. The zero-order chi connectivity index (χ0) is 27.1. The predicted molar refractivity (Wildman–Crippen MR) is 150 cm³/mol. The lowest BCUT2D eigenvalue weighted by Gasteiger charge is -2.40. The van der Waals surface area contributed by atoms with Gasteiger partial charge in [-0.05, 0) is 47.9 Å². The van der Waals surface area contributed by atoms with E-state index in [9.17, 15) is 0 Å². The number of nitrogens with zero attached hydrogens (tertiary/aromatic N) is 4. The molecule has 0 aromatic carbocycles. The first-order valence-electron chi connectivity index (χ1n) is 12.6. The van der Waals surface area contributed by atoms with Crippen LogP contribution in [0.1, 0.15) is 54.2 Å². The zero-order valence-corrected chi connectivity index (χ0v) is 26.3. The Balaban J connectivity index is 1.92. The molecule has 8 nitrogen and oxygen atoms in total. The fraction of sp³-hybridized carbons (Fsp3) is 0.720. The summed E-state index contributed by atoms with van der Waals surface area (Å²) in [5, 5.41) is 0.278. The Kier molecular flexibility index (Phi) is 8.49. The molecule has 36 heavy (non-hydrogen) atoms. The monoisotopic (exact) mass is 554 g/mol. The van der Waals surface area contributed by atoms with Crippen molar-refractivity contribution < 1.29 is 18.3 Å². The van der Waals surface area contributed by atoms with Crippen LogP contribution in [0.5, 0.6) is 5.88 Å². The summed E-state index contributed by atoms with van der Waals surface area (Å²) in [7, 11) is -4.01. The third-order valence-electron chi connectivity index (χ3n) is 7.86. The van der Waals surface area contributed by atoms with Crippen LogP contribution in [0.25, 0.3) is 11.2 Å². The van der Waals surface area contributed by atoms with E-state index in [0.717, 1.165) is 0 Å². The third kappa shape index (κ3) is 6.21. The van der Waals surface area contributed by atoms with Gasteiger partial charge in [-0.2, -0.15) is 9.97 Å². The highest BCUT2D eigenvalue weighted by molar-refractivity contribution is 6.74. The molecule has 2 aromatic rings. The van der Waals surface area contributed by atoms with Crippen LogP contribution < -0.4 is 4.74 Å². The maximum Gasteiger partial charge on any atom is 0.247 e. The van der Waals surface area contributed by atoms with E-state index < -0.39 is 16.6 Å². The van der Waals surface area contributed by atoms with E-state index in [4.69, 9.17) is 29.9 Å². The summed E-state index contributed by atoms with van der Waals surface area (Å²) in [5.41, 5.74) is 1.10. The molecule has 0 amide bonds. The second-order valence-electron chi connectivity index (χ2n) is 12.6. The Morgan fingerprint density at radius 3 is 2.33 bits per heavy atom. The van der Waals surface area contributed by atoms with Gasteiger partial charge in [-0.3, -0.25) is 4.57 Å². The smallest absolute Gasteiger partial charge is 0.247 e. The van der Waals surface area contributed by atoms with Crippen molar-refractivity contribution >= 4 is 39.4 Å². The summed E-state index contributed by atoms with van der Waals surface area (Å²) in [6.07, 6.45) is 3.39. The highest BCUT2D eigenvalue weighted by Crippen LogP contribution is 2.43. The molecule has 0 N–H and O–H groups in total. The molecule has 202 valence electrons. The molecule has 0 bridgehead atoms. The van der Waals surface area contributed by atoms with Gasteiger partial charge < -0.3 is 18.3 Å². The van der Waals surface area contributed by atoms with Gasteiger partial charge >= 0.3 is 0 Å². The summed E-state index contributed by atoms with van der Waals surface area (Å²) in [6.45, 7) is 27.0. The molecule has 1 saturated heterocycles. The number of ether oxygens (including phenoxy) is 2. The number of hydrogen-bond acceptors (Lipinski definition) is 7. The first-order chi connectivity index (χ1) is 16.5. The van der Waals surface area contributed by atoms with E-state index in [0.29, 0.717) is 36.7 Å². The van der Waals surface area contributed by atoms with E-state index in [2.05, 4.69) is 89.3 Å². The molecule has 11 heteroatoms. The number of halogens is 1. The van der Waals surface area contributed by atoms with Crippen molar-refractivity contribution in [1.29, 1.82) is 0 Å². The lowest BCUT2D eigenvalue weighted by molar-refractivity contribution is -0.0383. The van der Waals surface area contributed by atoms with Crippen LogP contribution >= 0.6 is 11.6 Å². The van der Waals surface area contributed by atoms with Crippen LogP contribution in [-0.4, -0.2) is 61.6 Å². The molecule has 1 aliphatic rings. The van der Waals surface area contributed by atoms with Crippen molar-refractivity contribution in [2.75, 3.05) is 13.2 Å². The van der Waals surface area contributed by atoms with Crippen molar-refractivity contribution in [3.05, 3.63) is 24.3 Å². The number of hydrogen-bond donors (Lipinski definition) is 0. The molecule has 0 spiro atoms. The Morgan fingerprint density at radius 2 is 1.75 bits per heavy atom. The molecule has 3 heterocycles. The topological polar surface area (TPSA) is 80.5 Å². The quantitative estimate of drug-likeness (QED) is 0.193. The summed E-state index contributed by atoms with van der Waals surface area (Å²) in [6, 6.07) is 0. The first kappa shape index (κ1) is 29.3. The standard InChI is InChI=1S/C25H43ClN4O4Si2/c1-12-13-31-22-20-21(28-23(26)29-22)30(16-27-20)19-14-17(34-36(10,11)25(5,6)7)18(33-19)15-32-35(8,9)24(2,3)4/h12,16-19H,1,13-15H2,2-11H3/t17-,18+,19+/m0/s1. The van der Waals surface area contributed by atoms with Gasteiger partial charge in [0.2, 0.25) is 11.2 Å². The zero-order valence-electron chi connectivity index (χ0n) is 23.5. The minimum Gasteiger partial charge on any atom is -0.472 e. The molecule has 0 saturated carbocycles. The highest BCUT2D eigenvalue weighted by atomic mass is 35.5. The highest BCUT2D eigenvalue weighted by Gasteiger charge is 2.47. The van der Waals surface area contributed by atoms with Crippen LogP contribution in [-0.2, 0) is 13.6 Å². The fourth-order valence-corrected chi connectivity index (χ4v) is 6.05. The lowest BCUT2D eigenvalue weighted by atomic mass is 10.2. The van der Waals surface area contributed by atoms with Gasteiger partial charge in [0.15, 0.2) is 27.8 Å². The van der Waals surface area contributed by atoms with Crippen molar-refractivity contribution in [1.82, 2.24) is 19.5 Å². The van der Waals surface area contributed by atoms with Crippen LogP contribution in [0.2, 0.25) is 41.5 Å². The minimum atomic E-state index is -2.05. The molecule has 2 aromatic heterocycles. The Labute approximate surface area is 223 Å². The molecular weight excluding hydrogens is 512 g/mol. The van der Waals surface area contributed by atoms with E-state index in [1.165, 1.54) is 0 Å². The second-order valence-corrected chi connectivity index (χ2v) is 22.5. The van der Waals surface area contributed by atoms with Gasteiger partial charge in [0.1, 0.15) is 18.9 Å². The molecule has 1 fully saturated rings. The second kappa shape index (κ2) is 10.5. The first-order valence-corrected chi connectivity index (χ1v) is 18.8. The molecular formula is C25H43ClN4O4Si2. The van der Waals surface area contributed by atoms with Gasteiger partial charge in [0, 0.05) is 6.42 Å². The van der Waals surface area contributed by atoms with Crippen molar-refractivity contribution in [2.45, 2.75) is 103 Å². The van der Waals surface area contributed by atoms with Crippen LogP contribution in [0.15, 0.2) is 19.0 Å². The van der Waals surface area contributed by atoms with Gasteiger partial charge in [-0.25, -0.2) is 4.98 Å². The van der Waals surface area contributed by atoms with E-state index in [1.54, 1.807) is 12.4 Å². The summed E-state index contributed by atoms with van der Waals surface area (Å²) < 4.78 is 27.7. The predicted octanol–water partition coefficient (Wildman–Crippen LogP) is 6.74. The third-order valence-corrected chi connectivity index (χ3v) is 17.0. The average molecular weight is 555 g/mol. The van der Waals surface area contributed by atoms with E-state index in [-0.39, 0.29) is 33.8 Å². The van der Waals surface area contributed by atoms with E-state index in [1.807, 2.05) is 4.57 Å². The molecule has 3 rings (SSSR count). The summed E-state index contributed by atoms with van der Waals surface area (Å²) >= 11 is 6.23. The van der Waals surface area contributed by atoms with Crippen molar-refractivity contribution in [2.24, 2.45) is 0 Å². The summed E-state index contributed by atoms with van der Waals surface area (Å²) in [4.78, 5) is 13.2. The Hall–Kier alpha value is -1.31. The van der Waals surface area contributed by atoms with Crippen molar-refractivity contribution in [3.8, 4) is 5.88 Å². The van der Waals surface area contributed by atoms with Gasteiger partial charge in [-0.1, -0.05) is 54.2 Å². The lowest BCUT2D eigenvalue weighted by Crippen LogP contribution is -2.48. The average Bonchev–Trinajstić information content (AvgIpc) is 3.32. The SMILES string of the molecule is C=CCOc1nc(Cl)nc2c1ncn2[C@H]1C[C@H](O[Si](C)(C)C(C)(C)C)[C@@H](CO[Si](C)(C)C(C)(C)C)O1. The maximum absolute atomic E-state index is 6.89. The Morgan fingerprint density at radius 1 is 1.11 bits per heavy atom. The molecule has 3 atom stereocenters. The summed E-state index contributed by atoms with van der Waals surface area (Å²) in [5.74, 6) is 0.327. The largest absolute Gasteiger partial charge is 0.472 e. The molecule has 1 aliphatic heterocycles. The normalized spacial score (nSPS) is 21.8. The minimum absolute atomic E-state index is 0.0791. The molecule has 0 aliphatic carbocycles. The fourth-order valence-electron chi connectivity index (χ4n) is 3.52. The number of rotatable bonds is 9. The van der Waals surface area contributed by atoms with Crippen LogP contribution in [0.4, 0.5) is 0 Å². The van der Waals surface area contributed by atoms with Crippen molar-refractivity contribution in [3.63, 3.8) is 0 Å². The Bertz CT molecular complexity index is 1080. The maximum atomic E-state index is 6.89. The number of fused-ring (bicyclic) bond motifs is 1. The number of aromatic nitrogens is 4. The van der Waals surface area contributed by atoms with Gasteiger partial charge in [0.05, 0.1) is 19.0 Å². The number of imidazole rings is 1. The van der Waals surface area contributed by atoms with Crippen LogP contribution in [0.3, 0.4) is 0 Å². The van der Waals surface area contributed by atoms with Crippen LogP contribution in [0, 0.1) is 0 Å².